The molecular formula is C23H24N4O4. The van der Waals surface area contributed by atoms with Crippen LogP contribution in [0, 0.1) is 0 Å². The molecule has 3 N–H and O–H groups in total. The summed E-state index contributed by atoms with van der Waals surface area (Å²) in [4.78, 5) is 37.1. The van der Waals surface area contributed by atoms with Gasteiger partial charge in [-0.25, -0.2) is 0 Å². The summed E-state index contributed by atoms with van der Waals surface area (Å²) in [6.45, 7) is 1.21. The van der Waals surface area contributed by atoms with Crippen LogP contribution >= 0.6 is 0 Å². The first-order valence-electron chi connectivity index (χ1n) is 10.2. The van der Waals surface area contributed by atoms with Crippen molar-refractivity contribution in [3.63, 3.8) is 0 Å². The SMILES string of the molecule is COc1ccc2c(ccn2CCCNC(=O)C[C@H]2NC(=O)c3ccccc3NC2=O)c1. The quantitative estimate of drug-likeness (QED) is 0.511. The largest absolute Gasteiger partial charge is 0.497 e. The molecule has 0 saturated heterocycles. The van der Waals surface area contributed by atoms with Crippen LogP contribution in [0.3, 0.4) is 0 Å². The van der Waals surface area contributed by atoms with Gasteiger partial charge in [0.2, 0.25) is 11.8 Å². The number of fused-ring (bicyclic) bond motifs is 2. The minimum absolute atomic E-state index is 0.113. The summed E-state index contributed by atoms with van der Waals surface area (Å²) >= 11 is 0. The molecule has 1 aliphatic rings. The lowest BCUT2D eigenvalue weighted by molar-refractivity contribution is -0.125. The zero-order valence-electron chi connectivity index (χ0n) is 17.2. The number of ether oxygens (including phenoxy) is 1. The van der Waals surface area contributed by atoms with Gasteiger partial charge in [0, 0.05) is 30.2 Å². The van der Waals surface area contributed by atoms with Gasteiger partial charge in [-0.15, -0.1) is 0 Å². The van der Waals surface area contributed by atoms with Gasteiger partial charge in [-0.3, -0.25) is 14.4 Å². The summed E-state index contributed by atoms with van der Waals surface area (Å²) in [5.41, 5.74) is 1.93. The summed E-state index contributed by atoms with van der Waals surface area (Å²) in [7, 11) is 1.64. The monoisotopic (exact) mass is 420 g/mol. The number of rotatable bonds is 7. The molecule has 2 aromatic carbocycles. The van der Waals surface area contributed by atoms with Crippen LogP contribution in [0.15, 0.2) is 54.7 Å². The minimum Gasteiger partial charge on any atom is -0.497 e. The van der Waals surface area contributed by atoms with E-state index in [9.17, 15) is 14.4 Å². The van der Waals surface area contributed by atoms with Crippen LogP contribution in [0.4, 0.5) is 5.69 Å². The number of para-hydroxylation sites is 1. The molecule has 0 unspecified atom stereocenters. The topological polar surface area (TPSA) is 101 Å². The lowest BCUT2D eigenvalue weighted by Crippen LogP contribution is -2.44. The maximum absolute atomic E-state index is 12.4. The van der Waals surface area contributed by atoms with Crippen molar-refractivity contribution >= 4 is 34.3 Å². The molecule has 0 spiro atoms. The van der Waals surface area contributed by atoms with Gasteiger partial charge < -0.3 is 25.3 Å². The van der Waals surface area contributed by atoms with E-state index < -0.39 is 11.9 Å². The van der Waals surface area contributed by atoms with Gasteiger partial charge in [0.25, 0.3) is 5.91 Å². The first-order chi connectivity index (χ1) is 15.0. The molecule has 0 fully saturated rings. The van der Waals surface area contributed by atoms with Crippen LogP contribution in [-0.4, -0.2) is 42.0 Å². The molecule has 31 heavy (non-hydrogen) atoms. The number of nitrogens with zero attached hydrogens (tertiary/aromatic N) is 1. The number of aryl methyl sites for hydroxylation is 1. The number of benzene rings is 2. The number of amides is 3. The zero-order valence-corrected chi connectivity index (χ0v) is 17.2. The number of anilines is 1. The van der Waals surface area contributed by atoms with Gasteiger partial charge in [0.1, 0.15) is 11.8 Å². The van der Waals surface area contributed by atoms with Crippen LogP contribution in [0.25, 0.3) is 10.9 Å². The molecule has 8 nitrogen and oxygen atoms in total. The van der Waals surface area contributed by atoms with E-state index in [2.05, 4.69) is 20.5 Å². The predicted molar refractivity (Wildman–Crippen MR) is 117 cm³/mol. The highest BCUT2D eigenvalue weighted by molar-refractivity contribution is 6.10. The highest BCUT2D eigenvalue weighted by Crippen LogP contribution is 2.22. The maximum Gasteiger partial charge on any atom is 0.254 e. The van der Waals surface area contributed by atoms with E-state index in [1.807, 2.05) is 30.5 Å². The zero-order chi connectivity index (χ0) is 21.8. The first kappa shape index (κ1) is 20.5. The summed E-state index contributed by atoms with van der Waals surface area (Å²) in [5.74, 6) is -0.241. The smallest absolute Gasteiger partial charge is 0.254 e. The summed E-state index contributed by atoms with van der Waals surface area (Å²) in [6.07, 6.45) is 2.63. The molecule has 2 heterocycles. The van der Waals surface area contributed by atoms with E-state index in [0.717, 1.165) is 29.6 Å². The summed E-state index contributed by atoms with van der Waals surface area (Å²) in [5, 5.41) is 9.27. The van der Waals surface area contributed by atoms with E-state index in [1.165, 1.54) is 0 Å². The normalized spacial score (nSPS) is 15.6. The second kappa shape index (κ2) is 8.91. The van der Waals surface area contributed by atoms with Gasteiger partial charge >= 0.3 is 0 Å². The molecule has 3 aromatic rings. The second-order valence-electron chi connectivity index (χ2n) is 7.40. The van der Waals surface area contributed by atoms with Crippen LogP contribution in [0.2, 0.25) is 0 Å². The van der Waals surface area contributed by atoms with E-state index >= 15 is 0 Å². The van der Waals surface area contributed by atoms with Crippen molar-refractivity contribution in [2.45, 2.75) is 25.4 Å². The molecular weight excluding hydrogens is 396 g/mol. The predicted octanol–water partition coefficient (Wildman–Crippen LogP) is 2.30. The van der Waals surface area contributed by atoms with Crippen molar-refractivity contribution < 1.29 is 19.1 Å². The molecule has 1 aromatic heterocycles. The fraction of sp³-hybridized carbons (Fsp3) is 0.261. The molecule has 1 aliphatic heterocycles. The van der Waals surface area contributed by atoms with Crippen LogP contribution in [-0.2, 0) is 16.1 Å². The first-order valence-corrected chi connectivity index (χ1v) is 10.2. The highest BCUT2D eigenvalue weighted by Gasteiger charge is 2.29. The van der Waals surface area contributed by atoms with E-state index in [4.69, 9.17) is 4.74 Å². The average Bonchev–Trinajstić information content (AvgIpc) is 3.13. The Labute approximate surface area is 179 Å². The fourth-order valence-corrected chi connectivity index (χ4v) is 3.69. The van der Waals surface area contributed by atoms with Gasteiger partial charge in [0.05, 0.1) is 24.8 Å². The molecule has 0 radical (unpaired) electrons. The maximum atomic E-state index is 12.4. The number of methoxy groups -OCH3 is 1. The van der Waals surface area contributed by atoms with Crippen molar-refractivity contribution in [1.29, 1.82) is 0 Å². The lowest BCUT2D eigenvalue weighted by atomic mass is 10.1. The Morgan fingerprint density at radius 3 is 2.84 bits per heavy atom. The number of carbonyl (C=O) groups excluding carboxylic acids is 3. The van der Waals surface area contributed by atoms with Gasteiger partial charge in [-0.05, 0) is 42.8 Å². The molecule has 0 aliphatic carbocycles. The number of hydrogen-bond acceptors (Lipinski definition) is 4. The van der Waals surface area contributed by atoms with Gasteiger partial charge in [-0.2, -0.15) is 0 Å². The fourth-order valence-electron chi connectivity index (χ4n) is 3.69. The second-order valence-corrected chi connectivity index (χ2v) is 7.40. The standard InChI is InChI=1S/C23H24N4O4/c1-31-16-7-8-20-15(13-16)9-12-27(20)11-4-10-24-21(28)14-19-23(30)25-18-6-3-2-5-17(18)22(29)26-19/h2-3,5-9,12-13,19H,4,10-11,14H2,1H3,(H,24,28)(H,25,30)(H,26,29)/t19-/m1/s1. The van der Waals surface area contributed by atoms with Crippen molar-refractivity contribution in [3.05, 3.63) is 60.3 Å². The molecule has 3 amide bonds. The van der Waals surface area contributed by atoms with Gasteiger partial charge in [0.15, 0.2) is 0 Å². The van der Waals surface area contributed by atoms with Crippen LogP contribution in [0.5, 0.6) is 5.75 Å². The van der Waals surface area contributed by atoms with Crippen molar-refractivity contribution in [2.24, 2.45) is 0 Å². The molecule has 4 rings (SSSR count). The van der Waals surface area contributed by atoms with Crippen molar-refractivity contribution in [1.82, 2.24) is 15.2 Å². The Morgan fingerprint density at radius 2 is 2.00 bits per heavy atom. The lowest BCUT2D eigenvalue weighted by Gasteiger charge is -2.14. The Hall–Kier alpha value is -3.81. The van der Waals surface area contributed by atoms with Crippen molar-refractivity contribution in [3.8, 4) is 5.75 Å². The highest BCUT2D eigenvalue weighted by atomic mass is 16.5. The van der Waals surface area contributed by atoms with E-state index in [1.54, 1.807) is 31.4 Å². The molecule has 160 valence electrons. The Balaban J connectivity index is 1.27. The van der Waals surface area contributed by atoms with Gasteiger partial charge in [-0.1, -0.05) is 12.1 Å². The molecule has 0 saturated carbocycles. The van der Waals surface area contributed by atoms with E-state index in [0.29, 0.717) is 17.8 Å². The van der Waals surface area contributed by atoms with Crippen molar-refractivity contribution in [2.75, 3.05) is 19.0 Å². The molecule has 1 atom stereocenters. The molecule has 8 heteroatoms. The molecule has 0 bridgehead atoms. The minimum atomic E-state index is -0.914. The summed E-state index contributed by atoms with van der Waals surface area (Å²) in [6, 6.07) is 13.8. The average molecular weight is 420 g/mol. The van der Waals surface area contributed by atoms with Crippen LogP contribution < -0.4 is 20.7 Å². The number of aromatic nitrogens is 1. The third-order valence-corrected chi connectivity index (χ3v) is 5.32. The van der Waals surface area contributed by atoms with E-state index in [-0.39, 0.29) is 18.2 Å². The van der Waals surface area contributed by atoms with Crippen LogP contribution in [0.1, 0.15) is 23.2 Å². The Kier molecular flexibility index (Phi) is 5.88. The third-order valence-electron chi connectivity index (χ3n) is 5.32. The number of hydrogen-bond donors (Lipinski definition) is 3. The number of nitrogens with one attached hydrogen (secondary N) is 3. The Bertz CT molecular complexity index is 1140. The number of carbonyl (C=O) groups is 3. The third kappa shape index (κ3) is 4.53. The Morgan fingerprint density at radius 1 is 1.16 bits per heavy atom. The summed E-state index contributed by atoms with van der Waals surface area (Å²) < 4.78 is 7.37.